The number of carboxylic acids is 2. The lowest BCUT2D eigenvalue weighted by Crippen LogP contribution is -2.23. The minimum absolute atomic E-state index is 0.384. The van der Waals surface area contributed by atoms with Crippen molar-refractivity contribution in [2.75, 3.05) is 7.05 Å². The monoisotopic (exact) mass is 145 g/mol. The second-order valence-corrected chi connectivity index (χ2v) is 0.971. The van der Waals surface area contributed by atoms with Gasteiger partial charge in [0.25, 0.3) is 0 Å². The van der Waals surface area contributed by atoms with Gasteiger partial charge in [0, 0.05) is 0 Å². The van der Waals surface area contributed by atoms with Gasteiger partial charge in [-0.05, 0) is 19.2 Å². The minimum atomic E-state index is -1.55. The zero-order valence-electron chi connectivity index (χ0n) is 5.37. The van der Waals surface area contributed by atoms with E-state index in [-0.39, 0.29) is 0 Å². The molecule has 0 aromatic heterocycles. The second-order valence-electron chi connectivity index (χ2n) is 0.971. The summed E-state index contributed by atoms with van der Waals surface area (Å²) in [5, 5.41) is 18.8. The van der Waals surface area contributed by atoms with E-state index in [1.165, 1.54) is 7.05 Å². The molecule has 5 heteroatoms. The Labute approximate surface area is 57.8 Å². The van der Waals surface area contributed by atoms with Crippen LogP contribution < -0.4 is 15.9 Å². The summed E-state index contributed by atoms with van der Waals surface area (Å²) in [7, 11) is 1.50. The lowest BCUT2D eigenvalue weighted by molar-refractivity contribution is -0.301. The average Bonchev–Trinajstić information content (AvgIpc) is 1.89. The van der Waals surface area contributed by atoms with E-state index >= 15 is 0 Å². The normalized spacial score (nSPS) is 8.20. The molecule has 58 valence electrons. The van der Waals surface area contributed by atoms with Crippen LogP contribution in [0, 0.1) is 0 Å². The molecule has 0 atom stereocenters. The highest BCUT2D eigenvalue weighted by molar-refractivity contribution is 5.87. The van der Waals surface area contributed by atoms with Gasteiger partial charge in [-0.25, -0.2) is 0 Å². The van der Waals surface area contributed by atoms with E-state index in [1.54, 1.807) is 0 Å². The van der Waals surface area contributed by atoms with E-state index in [0.717, 1.165) is 0 Å². The van der Waals surface area contributed by atoms with Gasteiger partial charge in [-0.15, -0.1) is 0 Å². The Bertz CT molecular complexity index is 125. The molecule has 0 aliphatic heterocycles. The Morgan fingerprint density at radius 1 is 1.10 bits per heavy atom. The molecule has 0 aliphatic rings. The first-order chi connectivity index (χ1) is 4.63. The Kier molecular flexibility index (Phi) is 8.74. The van der Waals surface area contributed by atoms with E-state index in [0.29, 0.717) is 12.2 Å². The Balaban J connectivity index is 0. The number of rotatable bonds is 2. The third-order valence-corrected chi connectivity index (χ3v) is 0.355. The van der Waals surface area contributed by atoms with Crippen LogP contribution in [0.2, 0.25) is 0 Å². The molecule has 0 heterocycles. The fourth-order valence-corrected chi connectivity index (χ4v) is 0.136. The van der Waals surface area contributed by atoms with Crippen molar-refractivity contribution in [3.05, 3.63) is 12.2 Å². The molecular weight excluding hydrogens is 138 g/mol. The van der Waals surface area contributed by atoms with Gasteiger partial charge < -0.3 is 25.5 Å². The maximum Gasteiger partial charge on any atom is 0.0643 e. The number of hydrogen-bond acceptors (Lipinski definition) is 5. The summed E-state index contributed by atoms with van der Waals surface area (Å²) >= 11 is 0. The first kappa shape index (κ1) is 11.4. The van der Waals surface area contributed by atoms with E-state index in [9.17, 15) is 19.8 Å². The first-order valence-electron chi connectivity index (χ1n) is 2.30. The van der Waals surface area contributed by atoms with Crippen molar-refractivity contribution in [1.29, 1.82) is 0 Å². The number of carboxylic acid groups (broad SMARTS) is 2. The predicted molar refractivity (Wildman–Crippen MR) is 29.3 cm³/mol. The Hall–Kier alpha value is -1.36. The first-order valence-corrected chi connectivity index (χ1v) is 2.30. The van der Waals surface area contributed by atoms with Crippen molar-refractivity contribution in [2.24, 2.45) is 5.73 Å². The fourth-order valence-electron chi connectivity index (χ4n) is 0.136. The van der Waals surface area contributed by atoms with Crippen LogP contribution in [-0.2, 0) is 9.59 Å². The molecule has 0 bridgehead atoms. The topological polar surface area (TPSA) is 106 Å². The van der Waals surface area contributed by atoms with Crippen molar-refractivity contribution in [3.8, 4) is 0 Å². The summed E-state index contributed by atoms with van der Waals surface area (Å²) in [5.41, 5.74) is 4.50. The molecule has 0 spiro atoms. The summed E-state index contributed by atoms with van der Waals surface area (Å²) < 4.78 is 0. The molecule has 0 rings (SSSR count). The molecule has 2 N–H and O–H groups in total. The maximum atomic E-state index is 9.41. The number of nitrogens with two attached hydrogens (primary N) is 1. The van der Waals surface area contributed by atoms with Crippen LogP contribution in [0.25, 0.3) is 0 Å². The van der Waals surface area contributed by atoms with E-state index in [1.807, 2.05) is 0 Å². The van der Waals surface area contributed by atoms with Gasteiger partial charge in [0.15, 0.2) is 0 Å². The molecule has 5 nitrogen and oxygen atoms in total. The zero-order chi connectivity index (χ0) is 8.57. The van der Waals surface area contributed by atoms with E-state index in [4.69, 9.17) is 0 Å². The quantitative estimate of drug-likeness (QED) is 0.408. The van der Waals surface area contributed by atoms with Crippen LogP contribution >= 0.6 is 0 Å². The van der Waals surface area contributed by atoms with Crippen molar-refractivity contribution >= 4 is 11.9 Å². The molecule has 0 radical (unpaired) electrons. The summed E-state index contributed by atoms with van der Waals surface area (Å²) in [6.45, 7) is 0. The van der Waals surface area contributed by atoms with Gasteiger partial charge >= 0.3 is 0 Å². The highest BCUT2D eigenvalue weighted by atomic mass is 16.4. The number of aliphatic carboxylic acids is 2. The van der Waals surface area contributed by atoms with Gasteiger partial charge in [-0.2, -0.15) is 0 Å². The van der Waals surface area contributed by atoms with Crippen LogP contribution in [0.4, 0.5) is 0 Å². The van der Waals surface area contributed by atoms with Gasteiger partial charge in [-0.3, -0.25) is 0 Å². The van der Waals surface area contributed by atoms with Crippen LogP contribution in [0.15, 0.2) is 12.2 Å². The van der Waals surface area contributed by atoms with Gasteiger partial charge in [0.05, 0.1) is 11.9 Å². The summed E-state index contributed by atoms with van der Waals surface area (Å²) in [4.78, 5) is 18.8. The molecule has 0 unspecified atom stereocenters. The van der Waals surface area contributed by atoms with E-state index < -0.39 is 11.9 Å². The number of carbonyl (C=O) groups is 2. The lowest BCUT2D eigenvalue weighted by Gasteiger charge is -1.90. The predicted octanol–water partition coefficient (Wildman–Crippen LogP) is -3.38. The summed E-state index contributed by atoms with van der Waals surface area (Å²) in [6, 6.07) is 0. The highest BCUT2D eigenvalue weighted by Crippen LogP contribution is 1.64. The third-order valence-electron chi connectivity index (χ3n) is 0.355. The van der Waals surface area contributed by atoms with Crippen molar-refractivity contribution in [3.63, 3.8) is 0 Å². The van der Waals surface area contributed by atoms with Crippen LogP contribution in [0.5, 0.6) is 0 Å². The van der Waals surface area contributed by atoms with E-state index in [2.05, 4.69) is 5.73 Å². The van der Waals surface area contributed by atoms with Crippen LogP contribution in [0.3, 0.4) is 0 Å². The summed E-state index contributed by atoms with van der Waals surface area (Å²) in [6.07, 6.45) is 0.769. The average molecular weight is 145 g/mol. The standard InChI is InChI=1S/C4H4O4.CH5N/c5-3(6)1-2-4(7)8;1-2/h1-2H,(H,5,6)(H,7,8);2H2,1H3/p-2/b2-1-;. The molecule has 0 saturated carbocycles. The smallest absolute Gasteiger partial charge is 0.0643 e. The minimum Gasteiger partial charge on any atom is -0.545 e. The van der Waals surface area contributed by atoms with Gasteiger partial charge in [0.2, 0.25) is 0 Å². The maximum absolute atomic E-state index is 9.41. The van der Waals surface area contributed by atoms with Gasteiger partial charge in [-0.1, -0.05) is 0 Å². The van der Waals surface area contributed by atoms with Crippen molar-refractivity contribution < 1.29 is 19.8 Å². The fraction of sp³-hybridized carbons (Fsp3) is 0.200. The highest BCUT2D eigenvalue weighted by Gasteiger charge is 1.70. The largest absolute Gasteiger partial charge is 0.545 e. The molecule has 0 aromatic rings. The molecule has 0 amide bonds. The van der Waals surface area contributed by atoms with Crippen LogP contribution in [0.1, 0.15) is 0 Å². The van der Waals surface area contributed by atoms with Crippen molar-refractivity contribution in [2.45, 2.75) is 0 Å². The summed E-state index contributed by atoms with van der Waals surface area (Å²) in [5.74, 6) is -3.09. The van der Waals surface area contributed by atoms with Gasteiger partial charge in [0.1, 0.15) is 0 Å². The number of hydrogen-bond donors (Lipinski definition) is 1. The molecule has 10 heavy (non-hydrogen) atoms. The van der Waals surface area contributed by atoms with Crippen LogP contribution in [-0.4, -0.2) is 19.0 Å². The molecule has 0 aromatic carbocycles. The number of carbonyl (C=O) groups excluding carboxylic acids is 2. The zero-order valence-corrected chi connectivity index (χ0v) is 5.37. The second kappa shape index (κ2) is 7.64. The SMILES string of the molecule is CN.O=C([O-])/C=C\C(=O)[O-]. The Morgan fingerprint density at radius 2 is 1.30 bits per heavy atom. The van der Waals surface area contributed by atoms with Crippen molar-refractivity contribution in [1.82, 2.24) is 0 Å². The molecule has 0 saturated heterocycles. The Morgan fingerprint density at radius 3 is 1.40 bits per heavy atom. The molecular formula is C5H7NO4-2. The lowest BCUT2D eigenvalue weighted by atomic mass is 10.5. The molecule has 0 aliphatic carbocycles. The molecule has 0 fully saturated rings. The third kappa shape index (κ3) is 15.9.